The maximum atomic E-state index is 12.9. The number of piperidine rings is 1. The summed E-state index contributed by atoms with van der Waals surface area (Å²) in [5.41, 5.74) is 5.41. The minimum Gasteiger partial charge on any atom is -0.337 e. The Morgan fingerprint density at radius 3 is 3.14 bits per heavy atom. The second-order valence-corrected chi connectivity index (χ2v) is 6.65. The smallest absolute Gasteiger partial charge is 0.272 e. The number of amides is 1. The van der Waals surface area contributed by atoms with Gasteiger partial charge < -0.3 is 4.90 Å². The lowest BCUT2D eigenvalue weighted by Gasteiger charge is -2.29. The highest BCUT2D eigenvalue weighted by atomic mass is 16.2. The fourth-order valence-corrected chi connectivity index (χ4v) is 4.23. The molecule has 2 aliphatic heterocycles. The van der Waals surface area contributed by atoms with Crippen molar-refractivity contribution < 1.29 is 4.79 Å². The highest BCUT2D eigenvalue weighted by Gasteiger charge is 2.36. The Hall–Kier alpha value is -2.17. The summed E-state index contributed by atoms with van der Waals surface area (Å²) < 4.78 is 2.00. The molecule has 1 fully saturated rings. The average Bonchev–Trinajstić information content (AvgIpc) is 2.89. The van der Waals surface area contributed by atoms with Gasteiger partial charge in [-0.2, -0.15) is 5.10 Å². The monoisotopic (exact) mass is 294 g/mol. The van der Waals surface area contributed by atoms with E-state index in [0.717, 1.165) is 61.4 Å². The molecular weight excluding hydrogens is 276 g/mol. The number of nitrogens with zero attached hydrogens (tertiary/aromatic N) is 4. The van der Waals surface area contributed by atoms with E-state index in [0.29, 0.717) is 5.92 Å². The molecule has 22 heavy (non-hydrogen) atoms. The van der Waals surface area contributed by atoms with E-state index >= 15 is 0 Å². The molecule has 1 atom stereocenters. The lowest BCUT2D eigenvalue weighted by atomic mass is 9.90. The maximum Gasteiger partial charge on any atom is 0.272 e. The van der Waals surface area contributed by atoms with Crippen LogP contribution in [0.15, 0.2) is 18.5 Å². The molecule has 4 heterocycles. The molecule has 5 heteroatoms. The number of pyridine rings is 1. The fourth-order valence-electron chi connectivity index (χ4n) is 4.23. The number of hydrogen-bond donors (Lipinski definition) is 0. The topological polar surface area (TPSA) is 51.0 Å². The van der Waals surface area contributed by atoms with Crippen molar-refractivity contribution in [3.05, 3.63) is 35.3 Å². The third kappa shape index (κ3) is 1.62. The van der Waals surface area contributed by atoms with Crippen LogP contribution in [0.3, 0.4) is 0 Å². The molecule has 5 rings (SSSR count). The van der Waals surface area contributed by atoms with Crippen LogP contribution < -0.4 is 0 Å². The number of fused-ring (bicyclic) bond motifs is 7. The second-order valence-electron chi connectivity index (χ2n) is 6.65. The first-order chi connectivity index (χ1) is 10.8. The minimum absolute atomic E-state index is 0.188. The van der Waals surface area contributed by atoms with Gasteiger partial charge in [-0.25, -0.2) is 0 Å². The van der Waals surface area contributed by atoms with Gasteiger partial charge in [0.1, 0.15) is 5.69 Å². The quantitative estimate of drug-likeness (QED) is 0.746. The van der Waals surface area contributed by atoms with Crippen molar-refractivity contribution in [1.82, 2.24) is 19.7 Å². The zero-order valence-corrected chi connectivity index (χ0v) is 12.5. The summed E-state index contributed by atoms with van der Waals surface area (Å²) >= 11 is 0. The maximum absolute atomic E-state index is 12.9. The molecule has 2 bridgehead atoms. The Kier molecular flexibility index (Phi) is 2.48. The molecule has 5 nitrogen and oxygen atoms in total. The summed E-state index contributed by atoms with van der Waals surface area (Å²) in [6.07, 6.45) is 7.92. The van der Waals surface area contributed by atoms with Gasteiger partial charge in [-0.05, 0) is 43.2 Å². The van der Waals surface area contributed by atoms with Crippen LogP contribution in [-0.2, 0) is 19.4 Å². The molecule has 0 N–H and O–H groups in total. The number of rotatable bonds is 0. The third-order valence-electron chi connectivity index (χ3n) is 5.29. The van der Waals surface area contributed by atoms with Crippen molar-refractivity contribution in [2.45, 2.75) is 32.2 Å². The molecule has 112 valence electrons. The van der Waals surface area contributed by atoms with Crippen molar-refractivity contribution in [2.24, 2.45) is 5.92 Å². The van der Waals surface area contributed by atoms with Crippen molar-refractivity contribution in [2.75, 3.05) is 13.1 Å². The van der Waals surface area contributed by atoms with E-state index in [-0.39, 0.29) is 5.91 Å². The average molecular weight is 294 g/mol. The van der Waals surface area contributed by atoms with E-state index in [9.17, 15) is 4.79 Å². The summed E-state index contributed by atoms with van der Waals surface area (Å²) in [6, 6.07) is 2.03. The first-order valence-electron chi connectivity index (χ1n) is 8.13. The van der Waals surface area contributed by atoms with Crippen LogP contribution in [0.5, 0.6) is 0 Å². The van der Waals surface area contributed by atoms with Crippen molar-refractivity contribution in [3.63, 3.8) is 0 Å². The molecule has 0 saturated carbocycles. The van der Waals surface area contributed by atoms with Crippen molar-refractivity contribution >= 4 is 5.91 Å². The van der Waals surface area contributed by atoms with Crippen LogP contribution in [0.4, 0.5) is 0 Å². The molecule has 1 amide bonds. The highest BCUT2D eigenvalue weighted by molar-refractivity contribution is 5.96. The Morgan fingerprint density at radius 1 is 1.23 bits per heavy atom. The number of carbonyl (C=O) groups excluding carboxylic acids is 1. The Bertz CT molecular complexity index is 779. The fraction of sp³-hybridized carbons (Fsp3) is 0.471. The third-order valence-corrected chi connectivity index (χ3v) is 5.29. The molecule has 1 unspecified atom stereocenters. The second kappa shape index (κ2) is 4.41. The van der Waals surface area contributed by atoms with Crippen LogP contribution in [0.2, 0.25) is 0 Å². The molecule has 2 aromatic heterocycles. The summed E-state index contributed by atoms with van der Waals surface area (Å²) in [5, 5.41) is 4.84. The number of hydrogen-bond acceptors (Lipinski definition) is 3. The Morgan fingerprint density at radius 2 is 2.18 bits per heavy atom. The highest BCUT2D eigenvalue weighted by Crippen LogP contribution is 2.36. The van der Waals surface area contributed by atoms with Crippen LogP contribution in [0, 0.1) is 5.92 Å². The zero-order chi connectivity index (χ0) is 14.7. The van der Waals surface area contributed by atoms with Gasteiger partial charge in [0.05, 0.1) is 5.69 Å². The van der Waals surface area contributed by atoms with Gasteiger partial charge >= 0.3 is 0 Å². The SMILES string of the molecule is O=C1c2c3c(nn2CC2CCCN1C2)-c1ccncc1CC3. The summed E-state index contributed by atoms with van der Waals surface area (Å²) in [6.45, 7) is 2.68. The Labute approximate surface area is 129 Å². The van der Waals surface area contributed by atoms with Crippen LogP contribution in [-0.4, -0.2) is 38.7 Å². The van der Waals surface area contributed by atoms with E-state index in [4.69, 9.17) is 5.10 Å². The van der Waals surface area contributed by atoms with Crippen LogP contribution >= 0.6 is 0 Å². The lowest BCUT2D eigenvalue weighted by Crippen LogP contribution is -2.38. The number of aromatic nitrogens is 3. The van der Waals surface area contributed by atoms with E-state index in [2.05, 4.69) is 4.98 Å². The van der Waals surface area contributed by atoms with Gasteiger partial charge in [0.25, 0.3) is 5.91 Å². The van der Waals surface area contributed by atoms with E-state index in [1.165, 1.54) is 12.0 Å². The normalized spacial score (nSPS) is 22.6. The number of aryl methyl sites for hydroxylation is 1. The zero-order valence-electron chi connectivity index (χ0n) is 12.5. The molecular formula is C17H18N4O. The largest absolute Gasteiger partial charge is 0.337 e. The minimum atomic E-state index is 0.188. The first-order valence-corrected chi connectivity index (χ1v) is 8.13. The molecule has 2 aromatic rings. The molecule has 1 aliphatic carbocycles. The Balaban J connectivity index is 1.71. The molecule has 0 aromatic carbocycles. The predicted molar refractivity (Wildman–Crippen MR) is 81.5 cm³/mol. The standard InChI is InChI=1S/C17H18N4O/c22-17-16-14-4-3-12-8-18-6-5-13(12)15(14)19-21(16)10-11-2-1-7-20(17)9-11/h5-6,8,11H,1-4,7,9-10H2. The predicted octanol–water partition coefficient (Wildman–Crippen LogP) is 1.91. The summed E-state index contributed by atoms with van der Waals surface area (Å²) in [4.78, 5) is 19.2. The summed E-state index contributed by atoms with van der Waals surface area (Å²) in [7, 11) is 0. The molecule has 3 aliphatic rings. The van der Waals surface area contributed by atoms with Crippen LogP contribution in [0.25, 0.3) is 11.3 Å². The van der Waals surface area contributed by atoms with Crippen molar-refractivity contribution in [1.29, 1.82) is 0 Å². The van der Waals surface area contributed by atoms with Crippen LogP contribution in [0.1, 0.15) is 34.5 Å². The van der Waals surface area contributed by atoms with Gasteiger partial charge in [0.15, 0.2) is 0 Å². The van der Waals surface area contributed by atoms with Gasteiger partial charge in [0.2, 0.25) is 0 Å². The first kappa shape index (κ1) is 12.4. The molecule has 0 radical (unpaired) electrons. The summed E-state index contributed by atoms with van der Waals surface area (Å²) in [5.74, 6) is 0.741. The lowest BCUT2D eigenvalue weighted by molar-refractivity contribution is 0.0690. The van der Waals surface area contributed by atoms with Gasteiger partial charge in [0, 0.05) is 43.2 Å². The van der Waals surface area contributed by atoms with E-state index in [1.807, 2.05) is 28.0 Å². The van der Waals surface area contributed by atoms with E-state index < -0.39 is 0 Å². The number of carbonyl (C=O) groups is 1. The van der Waals surface area contributed by atoms with Crippen molar-refractivity contribution in [3.8, 4) is 11.3 Å². The molecule has 0 spiro atoms. The molecule has 1 saturated heterocycles. The van der Waals surface area contributed by atoms with Gasteiger partial charge in [-0.3, -0.25) is 14.5 Å². The van der Waals surface area contributed by atoms with Gasteiger partial charge in [-0.15, -0.1) is 0 Å². The van der Waals surface area contributed by atoms with Gasteiger partial charge in [-0.1, -0.05) is 0 Å². The van der Waals surface area contributed by atoms with E-state index in [1.54, 1.807) is 0 Å².